The van der Waals surface area contributed by atoms with Gasteiger partial charge in [0.1, 0.15) is 10.8 Å². The first-order valence-corrected chi connectivity index (χ1v) is 8.14. The molecule has 7 heteroatoms. The van der Waals surface area contributed by atoms with Crippen molar-refractivity contribution in [1.29, 1.82) is 0 Å². The molecule has 0 unspecified atom stereocenters. The van der Waals surface area contributed by atoms with Gasteiger partial charge in [0.25, 0.3) is 0 Å². The summed E-state index contributed by atoms with van der Waals surface area (Å²) in [4.78, 5) is 14.8. The molecule has 22 heavy (non-hydrogen) atoms. The molecule has 2 rings (SSSR count). The molecule has 0 bridgehead atoms. The minimum atomic E-state index is -0.121. The highest BCUT2D eigenvalue weighted by atomic mass is 35.5. The number of benzene rings is 1. The van der Waals surface area contributed by atoms with Crippen molar-refractivity contribution in [2.45, 2.75) is 23.8 Å². The van der Waals surface area contributed by atoms with Gasteiger partial charge in [0, 0.05) is 24.2 Å². The molecule has 0 atom stereocenters. The normalized spacial score (nSPS) is 10.5. The summed E-state index contributed by atoms with van der Waals surface area (Å²) in [6, 6.07) is 7.22. The standard InChI is InChI=1S/C15H18ClN3O2S/c1-4-18(5-2)15(20)19-9-8-14(17-19)22-11-6-7-13(21-3)12(16)10-11/h6-10H,4-5H2,1-3H3. The molecular weight excluding hydrogens is 322 g/mol. The number of carbonyl (C=O) groups excluding carboxylic acids is 1. The van der Waals surface area contributed by atoms with Crippen molar-refractivity contribution in [2.24, 2.45) is 0 Å². The lowest BCUT2D eigenvalue weighted by Crippen LogP contribution is -2.34. The maximum atomic E-state index is 12.2. The molecule has 0 N–H and O–H groups in total. The largest absolute Gasteiger partial charge is 0.495 e. The van der Waals surface area contributed by atoms with Crippen LogP contribution in [0.4, 0.5) is 4.79 Å². The van der Waals surface area contributed by atoms with Crippen LogP contribution >= 0.6 is 23.4 Å². The fraction of sp³-hybridized carbons (Fsp3) is 0.333. The molecule has 1 aromatic carbocycles. The van der Waals surface area contributed by atoms with Crippen LogP contribution in [0.3, 0.4) is 0 Å². The number of aromatic nitrogens is 2. The number of hydrogen-bond donors (Lipinski definition) is 0. The Hall–Kier alpha value is -1.66. The van der Waals surface area contributed by atoms with Crippen molar-refractivity contribution in [2.75, 3.05) is 20.2 Å². The third-order valence-corrected chi connectivity index (χ3v) is 4.35. The van der Waals surface area contributed by atoms with Crippen molar-refractivity contribution < 1.29 is 9.53 Å². The summed E-state index contributed by atoms with van der Waals surface area (Å²) in [5.74, 6) is 0.633. The summed E-state index contributed by atoms with van der Waals surface area (Å²) in [5.41, 5.74) is 0. The van der Waals surface area contributed by atoms with Crippen LogP contribution in [0.2, 0.25) is 5.02 Å². The van der Waals surface area contributed by atoms with Crippen molar-refractivity contribution in [3.8, 4) is 5.75 Å². The zero-order chi connectivity index (χ0) is 16.1. The second kappa shape index (κ2) is 7.56. The van der Waals surface area contributed by atoms with E-state index in [4.69, 9.17) is 16.3 Å². The van der Waals surface area contributed by atoms with Gasteiger partial charge < -0.3 is 9.64 Å². The average Bonchev–Trinajstić information content (AvgIpc) is 2.97. The van der Waals surface area contributed by atoms with Gasteiger partial charge in [0.15, 0.2) is 0 Å². The summed E-state index contributed by atoms with van der Waals surface area (Å²) in [6.07, 6.45) is 1.67. The molecule has 118 valence electrons. The molecule has 0 saturated carbocycles. The number of rotatable bonds is 5. The molecule has 0 spiro atoms. The van der Waals surface area contributed by atoms with Crippen molar-refractivity contribution >= 4 is 29.4 Å². The van der Waals surface area contributed by atoms with Crippen LogP contribution in [-0.4, -0.2) is 40.9 Å². The van der Waals surface area contributed by atoms with Gasteiger partial charge >= 0.3 is 6.03 Å². The number of ether oxygens (including phenoxy) is 1. The van der Waals surface area contributed by atoms with E-state index >= 15 is 0 Å². The minimum Gasteiger partial charge on any atom is -0.495 e. The molecule has 0 aliphatic heterocycles. The van der Waals surface area contributed by atoms with E-state index in [1.165, 1.54) is 16.4 Å². The van der Waals surface area contributed by atoms with Gasteiger partial charge in [0.2, 0.25) is 0 Å². The van der Waals surface area contributed by atoms with E-state index in [-0.39, 0.29) is 6.03 Å². The van der Waals surface area contributed by atoms with Crippen LogP contribution in [-0.2, 0) is 0 Å². The summed E-state index contributed by atoms with van der Waals surface area (Å²) in [7, 11) is 1.58. The molecule has 0 aliphatic rings. The first-order chi connectivity index (χ1) is 10.6. The van der Waals surface area contributed by atoms with Crippen LogP contribution in [0.15, 0.2) is 40.4 Å². The number of halogens is 1. The monoisotopic (exact) mass is 339 g/mol. The van der Waals surface area contributed by atoms with Crippen LogP contribution in [0.25, 0.3) is 0 Å². The maximum Gasteiger partial charge on any atom is 0.344 e. The molecule has 5 nitrogen and oxygen atoms in total. The van der Waals surface area contributed by atoms with Gasteiger partial charge in [-0.25, -0.2) is 4.79 Å². The van der Waals surface area contributed by atoms with Crippen LogP contribution in [0.1, 0.15) is 13.8 Å². The Morgan fingerprint density at radius 2 is 2.09 bits per heavy atom. The third-order valence-electron chi connectivity index (χ3n) is 3.14. The van der Waals surface area contributed by atoms with E-state index in [0.717, 1.165) is 9.92 Å². The van der Waals surface area contributed by atoms with E-state index in [2.05, 4.69) is 5.10 Å². The number of methoxy groups -OCH3 is 1. The number of carbonyl (C=O) groups is 1. The Balaban J connectivity index is 2.12. The number of amides is 1. The summed E-state index contributed by atoms with van der Waals surface area (Å²) in [6.45, 7) is 5.21. The molecule has 1 amide bonds. The minimum absolute atomic E-state index is 0.121. The third kappa shape index (κ3) is 3.75. The van der Waals surface area contributed by atoms with Crippen molar-refractivity contribution in [3.63, 3.8) is 0 Å². The van der Waals surface area contributed by atoms with E-state index in [1.54, 1.807) is 18.2 Å². The summed E-state index contributed by atoms with van der Waals surface area (Å²) < 4.78 is 6.49. The lowest BCUT2D eigenvalue weighted by Gasteiger charge is -2.17. The Labute approximate surface area is 139 Å². The van der Waals surface area contributed by atoms with Crippen molar-refractivity contribution in [3.05, 3.63) is 35.5 Å². The van der Waals surface area contributed by atoms with E-state index in [1.807, 2.05) is 38.1 Å². The summed E-state index contributed by atoms with van der Waals surface area (Å²) in [5, 5.41) is 5.59. The highest BCUT2D eigenvalue weighted by molar-refractivity contribution is 7.99. The quantitative estimate of drug-likeness (QED) is 0.825. The highest BCUT2D eigenvalue weighted by Crippen LogP contribution is 2.32. The molecule has 0 fully saturated rings. The van der Waals surface area contributed by atoms with E-state index < -0.39 is 0 Å². The first-order valence-electron chi connectivity index (χ1n) is 6.95. The topological polar surface area (TPSA) is 47.4 Å². The predicted octanol–water partition coefficient (Wildman–Crippen LogP) is 4.01. The van der Waals surface area contributed by atoms with Crippen LogP contribution in [0, 0.1) is 0 Å². The maximum absolute atomic E-state index is 12.2. The number of hydrogen-bond acceptors (Lipinski definition) is 4. The van der Waals surface area contributed by atoms with Gasteiger partial charge in [-0.2, -0.15) is 9.78 Å². The molecule has 1 heterocycles. The van der Waals surface area contributed by atoms with Crippen LogP contribution < -0.4 is 4.74 Å². The Morgan fingerprint density at radius 1 is 1.36 bits per heavy atom. The Morgan fingerprint density at radius 3 is 2.68 bits per heavy atom. The van der Waals surface area contributed by atoms with Gasteiger partial charge in [-0.1, -0.05) is 23.4 Å². The fourth-order valence-electron chi connectivity index (χ4n) is 1.94. The molecule has 0 radical (unpaired) electrons. The predicted molar refractivity (Wildman–Crippen MR) is 88.1 cm³/mol. The van der Waals surface area contributed by atoms with Gasteiger partial charge in [-0.05, 0) is 38.1 Å². The average molecular weight is 340 g/mol. The van der Waals surface area contributed by atoms with Gasteiger partial charge in [-0.15, -0.1) is 0 Å². The van der Waals surface area contributed by atoms with Gasteiger partial charge in [-0.3, -0.25) is 0 Å². The molecular formula is C15H18ClN3O2S. The Kier molecular flexibility index (Phi) is 5.74. The lowest BCUT2D eigenvalue weighted by molar-refractivity contribution is 0.201. The molecule has 2 aromatic rings. The number of nitrogens with zero attached hydrogens (tertiary/aromatic N) is 3. The van der Waals surface area contributed by atoms with Crippen molar-refractivity contribution in [1.82, 2.24) is 14.7 Å². The summed E-state index contributed by atoms with van der Waals surface area (Å²) >= 11 is 7.55. The first kappa shape index (κ1) is 16.7. The second-order valence-electron chi connectivity index (χ2n) is 4.45. The van der Waals surface area contributed by atoms with Crippen LogP contribution in [0.5, 0.6) is 5.75 Å². The zero-order valence-corrected chi connectivity index (χ0v) is 14.3. The molecule has 1 aromatic heterocycles. The smallest absolute Gasteiger partial charge is 0.344 e. The van der Waals surface area contributed by atoms with Gasteiger partial charge in [0.05, 0.1) is 12.1 Å². The Bertz CT molecular complexity index is 656. The molecule has 0 saturated heterocycles. The lowest BCUT2D eigenvalue weighted by atomic mass is 10.3. The SMILES string of the molecule is CCN(CC)C(=O)n1ccc(Sc2ccc(OC)c(Cl)c2)n1. The second-order valence-corrected chi connectivity index (χ2v) is 5.95. The fourth-order valence-corrected chi connectivity index (χ4v) is 3.07. The van der Waals surface area contributed by atoms with E-state index in [9.17, 15) is 4.79 Å². The van der Waals surface area contributed by atoms with E-state index in [0.29, 0.717) is 23.9 Å². The zero-order valence-electron chi connectivity index (χ0n) is 12.7. The molecule has 0 aliphatic carbocycles. The highest BCUT2D eigenvalue weighted by Gasteiger charge is 2.14.